The number of esters is 4. The Kier molecular flexibility index (Phi) is 32.9. The number of ether oxygens (including phenoxy) is 6. The normalized spacial score (nSPS) is 14.5. The summed E-state index contributed by atoms with van der Waals surface area (Å²) < 4.78 is 33.1. The number of carbonyl (C=O) groups excluding carboxylic acids is 4. The van der Waals surface area contributed by atoms with Crippen molar-refractivity contribution in [2.45, 2.75) is 91.9 Å². The molecular weight excluding hydrogens is 1140 g/mol. The van der Waals surface area contributed by atoms with Gasteiger partial charge < -0.3 is 44.5 Å². The Bertz CT molecular complexity index is 2760. The third kappa shape index (κ3) is 22.0. The van der Waals surface area contributed by atoms with Gasteiger partial charge in [-0.05, 0) is 102 Å². The van der Waals surface area contributed by atoms with Crippen molar-refractivity contribution in [2.24, 2.45) is 0 Å². The van der Waals surface area contributed by atoms with Gasteiger partial charge in [0.25, 0.3) is 11.4 Å². The van der Waals surface area contributed by atoms with Gasteiger partial charge in [-0.25, -0.2) is 19.2 Å². The minimum absolute atomic E-state index is 0. The van der Waals surface area contributed by atoms with E-state index in [1.54, 1.807) is 39.8 Å². The van der Waals surface area contributed by atoms with Crippen LogP contribution in [0.2, 0.25) is 0 Å². The number of allylic oxidation sites excluding steroid dienone is 4. The van der Waals surface area contributed by atoms with Crippen LogP contribution in [0.3, 0.4) is 0 Å². The molecule has 0 aliphatic carbocycles. The van der Waals surface area contributed by atoms with Gasteiger partial charge in [-0.1, -0.05) is 87.4 Å². The molecule has 0 fully saturated rings. The Morgan fingerprint density at radius 2 is 0.800 bits per heavy atom. The lowest BCUT2D eigenvalue weighted by atomic mass is 9.80. The fourth-order valence-electron chi connectivity index (χ4n) is 9.71. The molecule has 2 unspecified atom stereocenters. The van der Waals surface area contributed by atoms with Crippen LogP contribution in [0.15, 0.2) is 154 Å². The van der Waals surface area contributed by atoms with Crippen LogP contribution >= 0.6 is 24.8 Å². The summed E-state index contributed by atoms with van der Waals surface area (Å²) in [5.41, 5.74) is 3.45. The van der Waals surface area contributed by atoms with E-state index in [4.69, 9.17) is 28.4 Å². The second kappa shape index (κ2) is 38.2. The first-order valence-electron chi connectivity index (χ1n) is 27.7. The summed E-state index contributed by atoms with van der Waals surface area (Å²) in [5, 5.41) is 29.1. The molecule has 4 N–H and O–H groups in total. The molecule has 2 atom stereocenters. The number of halogens is 2. The van der Waals surface area contributed by atoms with E-state index in [0.717, 1.165) is 76.5 Å². The number of para-hydroxylation sites is 2. The van der Waals surface area contributed by atoms with Gasteiger partial charge in [0.15, 0.2) is 0 Å². The number of benzene rings is 4. The maximum absolute atomic E-state index is 13.5. The largest absolute Gasteiger partial charge is 0.492 e. The van der Waals surface area contributed by atoms with Crippen molar-refractivity contribution < 1.29 is 62.9 Å². The lowest BCUT2D eigenvalue weighted by Gasteiger charge is -2.30. The molecule has 4 aromatic carbocycles. The Hall–Kier alpha value is -7.82. The Morgan fingerprint density at radius 1 is 0.471 bits per heavy atom. The van der Waals surface area contributed by atoms with Gasteiger partial charge in [-0.15, -0.1) is 24.8 Å². The van der Waals surface area contributed by atoms with Crippen molar-refractivity contribution in [3.05, 3.63) is 186 Å². The number of non-ortho nitro benzene ring substituents is 2. The van der Waals surface area contributed by atoms with Crippen molar-refractivity contribution in [2.75, 3.05) is 79.9 Å². The molecule has 2 heterocycles. The van der Waals surface area contributed by atoms with Gasteiger partial charge in [0.1, 0.15) is 24.7 Å². The van der Waals surface area contributed by atoms with E-state index in [9.17, 15) is 39.4 Å². The quantitative estimate of drug-likeness (QED) is 0.0161. The fraction of sp³-hybridized carbons (Fsp3) is 0.419. The van der Waals surface area contributed by atoms with Crippen LogP contribution in [0.4, 0.5) is 11.4 Å². The minimum atomic E-state index is -0.882. The van der Waals surface area contributed by atoms with Crippen molar-refractivity contribution in [3.63, 3.8) is 0 Å². The van der Waals surface area contributed by atoms with Crippen LogP contribution in [-0.2, 0) is 38.1 Å². The Morgan fingerprint density at radius 3 is 1.12 bits per heavy atom. The number of carbonyl (C=O) groups is 4. The number of nitro benzene ring substituents is 2. The Balaban J connectivity index is 0.000000560. The number of nitro groups is 2. The Labute approximate surface area is 510 Å². The number of methoxy groups -OCH3 is 2. The highest BCUT2D eigenvalue weighted by Gasteiger charge is 2.40. The van der Waals surface area contributed by atoms with Gasteiger partial charge in [0.05, 0.1) is 71.4 Å². The lowest BCUT2D eigenvalue weighted by Crippen LogP contribution is -2.33. The molecule has 0 aromatic heterocycles. The monoisotopic (exact) mass is 1220 g/mol. The van der Waals surface area contributed by atoms with E-state index in [-0.39, 0.29) is 77.2 Å². The summed E-state index contributed by atoms with van der Waals surface area (Å²) in [6.45, 7) is 17.4. The summed E-state index contributed by atoms with van der Waals surface area (Å²) in [6, 6.07) is 31.2. The topological polar surface area (TPSA) is 272 Å². The van der Waals surface area contributed by atoms with E-state index in [2.05, 4.69) is 34.3 Å². The molecule has 464 valence electrons. The fourth-order valence-corrected chi connectivity index (χ4v) is 9.71. The highest BCUT2D eigenvalue weighted by molar-refractivity contribution is 6.01. The van der Waals surface area contributed by atoms with Crippen molar-refractivity contribution >= 4 is 60.1 Å². The predicted octanol–water partition coefficient (Wildman–Crippen LogP) is 10.3. The zero-order chi connectivity index (χ0) is 59.6. The van der Waals surface area contributed by atoms with E-state index < -0.39 is 45.6 Å². The molecule has 6 rings (SSSR count). The summed E-state index contributed by atoms with van der Waals surface area (Å²) in [4.78, 5) is 79.0. The summed E-state index contributed by atoms with van der Waals surface area (Å²) in [7, 11) is 2.51. The first-order valence-corrected chi connectivity index (χ1v) is 27.7. The SMILES string of the molecule is CCCCN(CCCOC(=O)C1=C(C)NC(C)=C(C(=O)OC)C1c1cccc([N+](=O)[O-])c1)CCOc1ccccc1.CCCCN(CCCOC(=O)C1=C(C)NC(C)=C(C(=O)OC)C1c1cccc([N+](=O)[O-])c1)CCOc1ccccc1.Cl.Cl.O. The maximum atomic E-state index is 13.5. The zero-order valence-electron chi connectivity index (χ0n) is 49.7. The molecule has 85 heavy (non-hydrogen) atoms. The van der Waals surface area contributed by atoms with E-state index in [1.165, 1.54) is 50.6 Å². The molecule has 23 heteroatoms. The minimum Gasteiger partial charge on any atom is -0.492 e. The molecule has 2 aliphatic heterocycles. The third-order valence-corrected chi connectivity index (χ3v) is 13.8. The number of unbranched alkanes of at least 4 members (excludes halogenated alkanes) is 2. The number of rotatable bonds is 30. The molecule has 0 bridgehead atoms. The first kappa shape index (κ1) is 73.3. The molecule has 0 spiro atoms. The van der Waals surface area contributed by atoms with Crippen LogP contribution in [0.25, 0.3) is 0 Å². The number of nitrogens with one attached hydrogen (secondary N) is 2. The highest BCUT2D eigenvalue weighted by atomic mass is 35.5. The van der Waals surface area contributed by atoms with Crippen LogP contribution in [-0.4, -0.2) is 129 Å². The molecule has 0 radical (unpaired) electrons. The van der Waals surface area contributed by atoms with Crippen LogP contribution in [0.1, 0.15) is 103 Å². The van der Waals surface area contributed by atoms with Gasteiger partial charge in [-0.2, -0.15) is 0 Å². The molecule has 0 amide bonds. The summed E-state index contributed by atoms with van der Waals surface area (Å²) in [5.74, 6) is -2.55. The van der Waals surface area contributed by atoms with E-state index in [0.29, 0.717) is 60.0 Å². The first-order chi connectivity index (χ1) is 39.5. The molecule has 4 aromatic rings. The number of hydrogen-bond acceptors (Lipinski definition) is 18. The molecule has 0 saturated carbocycles. The molecule has 0 saturated heterocycles. The number of nitrogens with zero attached hydrogens (tertiary/aromatic N) is 4. The van der Waals surface area contributed by atoms with Crippen molar-refractivity contribution in [1.82, 2.24) is 20.4 Å². The standard InChI is InChI=1S/2C31H39N3O7.2ClH.H2O/c2*1-5-6-16-33(18-20-40-26-14-8-7-9-15-26)17-11-19-41-31(36)28-23(3)32-22(2)27(30(35)39-4)29(28)24-12-10-13-25(21-24)34(37)38;;;/h2*7-10,12-15,21,29,32H,5-6,11,16-20H2,1-4H3;2*1H;1H2. The van der Waals surface area contributed by atoms with Crippen molar-refractivity contribution in [3.8, 4) is 11.5 Å². The third-order valence-electron chi connectivity index (χ3n) is 13.8. The average Bonchev–Trinajstić information content (AvgIpc) is 2.33. The van der Waals surface area contributed by atoms with Gasteiger partial charge in [-0.3, -0.25) is 30.0 Å². The molecular formula is C62H82Cl2N6O15. The molecule has 2 aliphatic rings. The highest BCUT2D eigenvalue weighted by Crippen LogP contribution is 2.42. The predicted molar refractivity (Wildman–Crippen MR) is 329 cm³/mol. The van der Waals surface area contributed by atoms with Crippen LogP contribution in [0.5, 0.6) is 11.5 Å². The maximum Gasteiger partial charge on any atom is 0.336 e. The number of dihydropyridines is 2. The summed E-state index contributed by atoms with van der Waals surface area (Å²) >= 11 is 0. The molecule has 21 nitrogen and oxygen atoms in total. The van der Waals surface area contributed by atoms with Gasteiger partial charge in [0.2, 0.25) is 0 Å². The van der Waals surface area contributed by atoms with E-state index >= 15 is 0 Å². The second-order valence-electron chi connectivity index (χ2n) is 19.7. The van der Waals surface area contributed by atoms with Gasteiger partial charge in [0, 0.05) is 73.2 Å². The lowest BCUT2D eigenvalue weighted by molar-refractivity contribution is -0.385. The zero-order valence-corrected chi connectivity index (χ0v) is 51.3. The second-order valence-corrected chi connectivity index (χ2v) is 19.7. The van der Waals surface area contributed by atoms with E-state index in [1.807, 2.05) is 60.7 Å². The number of hydrogen-bond donors (Lipinski definition) is 2. The van der Waals surface area contributed by atoms with Gasteiger partial charge >= 0.3 is 23.9 Å². The van der Waals surface area contributed by atoms with Crippen LogP contribution < -0.4 is 20.1 Å². The van der Waals surface area contributed by atoms with Crippen LogP contribution in [0, 0.1) is 20.2 Å². The average molecular weight is 1220 g/mol. The van der Waals surface area contributed by atoms with Crippen molar-refractivity contribution in [1.29, 1.82) is 0 Å². The smallest absolute Gasteiger partial charge is 0.336 e. The summed E-state index contributed by atoms with van der Waals surface area (Å²) in [6.07, 6.45) is 5.47.